The Morgan fingerprint density at radius 1 is 1.36 bits per heavy atom. The molecule has 1 saturated heterocycles. The number of carbonyl (C=O) groups is 2. The summed E-state index contributed by atoms with van der Waals surface area (Å²) < 4.78 is 17.4. The third-order valence-corrected chi connectivity index (χ3v) is 5.13. The van der Waals surface area contributed by atoms with E-state index in [1.807, 2.05) is 26.8 Å². The van der Waals surface area contributed by atoms with Crippen molar-refractivity contribution in [3.63, 3.8) is 0 Å². The summed E-state index contributed by atoms with van der Waals surface area (Å²) >= 11 is 0. The van der Waals surface area contributed by atoms with E-state index in [0.29, 0.717) is 42.8 Å². The number of carbonyl (C=O) groups excluding carboxylic acids is 2. The lowest BCUT2D eigenvalue weighted by atomic mass is 9.95. The number of hydrogen-bond acceptors (Lipinski definition) is 6. The maximum Gasteiger partial charge on any atom is 0.357 e. The second-order valence-corrected chi connectivity index (χ2v) is 7.56. The maximum absolute atomic E-state index is 12.6. The number of nitrogens with one attached hydrogen (secondary N) is 1. The molecule has 7 heteroatoms. The number of ether oxygens (including phenoxy) is 3. The van der Waals surface area contributed by atoms with Gasteiger partial charge in [0.05, 0.1) is 12.2 Å². The molecule has 3 aliphatic rings. The number of hydrogen-bond donors (Lipinski definition) is 1. The van der Waals surface area contributed by atoms with Crippen molar-refractivity contribution in [2.45, 2.75) is 63.9 Å². The topological polar surface area (TPSA) is 90.5 Å². The Morgan fingerprint density at radius 2 is 2.16 bits per heavy atom. The van der Waals surface area contributed by atoms with Crippen LogP contribution in [0.2, 0.25) is 0 Å². The second kappa shape index (κ2) is 5.51. The zero-order valence-corrected chi connectivity index (χ0v) is 14.7. The van der Waals surface area contributed by atoms with Crippen molar-refractivity contribution in [1.82, 2.24) is 10.2 Å². The van der Waals surface area contributed by atoms with Gasteiger partial charge in [-0.05, 0) is 45.3 Å². The lowest BCUT2D eigenvalue weighted by molar-refractivity contribution is -0.281. The van der Waals surface area contributed by atoms with Gasteiger partial charge in [0.25, 0.3) is 0 Å². The summed E-state index contributed by atoms with van der Waals surface area (Å²) in [6.07, 6.45) is 3.95. The van der Waals surface area contributed by atoms with Crippen LogP contribution in [0.3, 0.4) is 0 Å². The van der Waals surface area contributed by atoms with E-state index in [-0.39, 0.29) is 11.9 Å². The predicted molar refractivity (Wildman–Crippen MR) is 87.3 cm³/mol. The summed E-state index contributed by atoms with van der Waals surface area (Å²) in [6, 6.07) is 0. The Hall–Kier alpha value is -1.99. The summed E-state index contributed by atoms with van der Waals surface area (Å²) in [7, 11) is 0. The molecule has 1 aliphatic heterocycles. The molecule has 0 saturated carbocycles. The van der Waals surface area contributed by atoms with E-state index >= 15 is 0 Å². The van der Waals surface area contributed by atoms with Crippen molar-refractivity contribution in [3.05, 3.63) is 28.6 Å². The predicted octanol–water partition coefficient (Wildman–Crippen LogP) is 2.33. The fourth-order valence-electron chi connectivity index (χ4n) is 3.93. The molecule has 0 unspecified atom stereocenters. The molecule has 0 radical (unpaired) electrons. The molecule has 1 aromatic rings. The van der Waals surface area contributed by atoms with Crippen LogP contribution in [0.5, 0.6) is 0 Å². The van der Waals surface area contributed by atoms with Crippen molar-refractivity contribution < 1.29 is 23.8 Å². The molecule has 1 fully saturated rings. The number of fused-ring (bicyclic) bond motifs is 2. The van der Waals surface area contributed by atoms with Crippen LogP contribution in [0.25, 0.3) is 0 Å². The van der Waals surface area contributed by atoms with Crippen molar-refractivity contribution in [2.24, 2.45) is 0 Å². The number of Topliss-reactive ketones (excluding diaryl/α,β-unsaturated/α-hetero) is 1. The molecule has 0 aromatic carbocycles. The Balaban J connectivity index is 1.50. The first-order valence-electron chi connectivity index (χ1n) is 8.64. The van der Waals surface area contributed by atoms with Gasteiger partial charge in [-0.1, -0.05) is 0 Å². The van der Waals surface area contributed by atoms with Crippen LogP contribution in [-0.4, -0.2) is 46.0 Å². The smallest absolute Gasteiger partial charge is 0.357 e. The first-order valence-corrected chi connectivity index (χ1v) is 8.64. The summed E-state index contributed by atoms with van der Waals surface area (Å²) in [5.74, 6) is -1.16. The van der Waals surface area contributed by atoms with E-state index in [0.717, 1.165) is 12.0 Å². The molecule has 4 rings (SSSR count). The van der Waals surface area contributed by atoms with Crippen LogP contribution in [0, 0.1) is 0 Å². The largest absolute Gasteiger partial charge is 0.453 e. The lowest BCUT2D eigenvalue weighted by Crippen LogP contribution is -2.47. The number of ketones is 1. The number of aromatic amines is 1. The first kappa shape index (κ1) is 16.5. The number of H-pyrrole nitrogens is 1. The second-order valence-electron chi connectivity index (χ2n) is 7.56. The molecule has 0 bridgehead atoms. The SMILES string of the molecule is CC1(C)OCC2=C[C@H](OC(=O)c3[nH]nc4c3CCCC4=O)C[C@]2(C)O1. The van der Waals surface area contributed by atoms with Gasteiger partial charge in [-0.3, -0.25) is 9.89 Å². The average molecular weight is 346 g/mol. The molecule has 134 valence electrons. The van der Waals surface area contributed by atoms with Crippen molar-refractivity contribution in [1.29, 1.82) is 0 Å². The summed E-state index contributed by atoms with van der Waals surface area (Å²) in [4.78, 5) is 24.4. The highest BCUT2D eigenvalue weighted by Crippen LogP contribution is 2.42. The Morgan fingerprint density at radius 3 is 2.96 bits per heavy atom. The van der Waals surface area contributed by atoms with Crippen LogP contribution in [0.15, 0.2) is 11.6 Å². The van der Waals surface area contributed by atoms with E-state index in [1.165, 1.54) is 0 Å². The van der Waals surface area contributed by atoms with E-state index in [4.69, 9.17) is 14.2 Å². The lowest BCUT2D eigenvalue weighted by Gasteiger charge is -2.42. The van der Waals surface area contributed by atoms with Gasteiger partial charge < -0.3 is 14.2 Å². The molecule has 1 N–H and O–H groups in total. The molecule has 25 heavy (non-hydrogen) atoms. The fraction of sp³-hybridized carbons (Fsp3) is 0.611. The first-order chi connectivity index (χ1) is 11.8. The van der Waals surface area contributed by atoms with Crippen LogP contribution < -0.4 is 0 Å². The Bertz CT molecular complexity index is 778. The van der Waals surface area contributed by atoms with Gasteiger partial charge >= 0.3 is 5.97 Å². The highest BCUT2D eigenvalue weighted by Gasteiger charge is 2.47. The summed E-state index contributed by atoms with van der Waals surface area (Å²) in [5, 5.41) is 6.69. The quantitative estimate of drug-likeness (QED) is 0.653. The van der Waals surface area contributed by atoms with E-state index < -0.39 is 17.4 Å². The highest BCUT2D eigenvalue weighted by molar-refractivity contribution is 6.00. The highest BCUT2D eigenvalue weighted by atomic mass is 16.7. The minimum Gasteiger partial charge on any atom is -0.453 e. The molecule has 2 atom stereocenters. The summed E-state index contributed by atoms with van der Waals surface area (Å²) in [6.45, 7) is 6.21. The average Bonchev–Trinajstić information content (AvgIpc) is 3.07. The van der Waals surface area contributed by atoms with Crippen molar-refractivity contribution in [3.8, 4) is 0 Å². The van der Waals surface area contributed by atoms with Gasteiger partial charge in [0.1, 0.15) is 17.5 Å². The molecule has 0 amide bonds. The molecule has 1 aromatic heterocycles. The van der Waals surface area contributed by atoms with Gasteiger partial charge in [0.2, 0.25) is 0 Å². The molecule has 2 heterocycles. The molecule has 2 aliphatic carbocycles. The van der Waals surface area contributed by atoms with Gasteiger partial charge in [-0.25, -0.2) is 4.79 Å². The van der Waals surface area contributed by atoms with Crippen LogP contribution in [-0.2, 0) is 20.6 Å². The molecule has 0 spiro atoms. The molecular formula is C18H22N2O5. The third-order valence-electron chi connectivity index (χ3n) is 5.13. The minimum absolute atomic E-state index is 0.0224. The maximum atomic E-state index is 12.6. The minimum atomic E-state index is -0.659. The number of esters is 1. The van der Waals surface area contributed by atoms with Crippen LogP contribution in [0.1, 0.15) is 66.6 Å². The standard InChI is InChI=1S/C18H22N2O5/c1-17(2)23-9-10-7-11(8-18(10,3)25-17)24-16(22)15-12-5-4-6-13(21)14(12)19-20-15/h7,11H,4-6,8-9H2,1-3H3,(H,19,20)/t11-,18-/m0/s1. The molecular weight excluding hydrogens is 324 g/mol. The Kier molecular flexibility index (Phi) is 3.63. The van der Waals surface area contributed by atoms with Gasteiger partial charge in [-0.15, -0.1) is 0 Å². The van der Waals surface area contributed by atoms with E-state index in [9.17, 15) is 9.59 Å². The zero-order chi connectivity index (χ0) is 17.8. The van der Waals surface area contributed by atoms with Gasteiger partial charge in [0.15, 0.2) is 11.6 Å². The van der Waals surface area contributed by atoms with Crippen LogP contribution in [0.4, 0.5) is 0 Å². The van der Waals surface area contributed by atoms with Crippen LogP contribution >= 0.6 is 0 Å². The number of nitrogens with zero attached hydrogens (tertiary/aromatic N) is 1. The fourth-order valence-corrected chi connectivity index (χ4v) is 3.93. The van der Waals surface area contributed by atoms with E-state index in [2.05, 4.69) is 10.2 Å². The number of rotatable bonds is 2. The van der Waals surface area contributed by atoms with E-state index in [1.54, 1.807) is 0 Å². The van der Waals surface area contributed by atoms with Crippen molar-refractivity contribution in [2.75, 3.05) is 6.61 Å². The summed E-state index contributed by atoms with van der Waals surface area (Å²) in [5.41, 5.74) is 1.85. The van der Waals surface area contributed by atoms with Gasteiger partial charge in [0, 0.05) is 18.4 Å². The van der Waals surface area contributed by atoms with Gasteiger partial charge in [-0.2, -0.15) is 5.10 Å². The third kappa shape index (κ3) is 2.81. The Labute approximate surface area is 145 Å². The molecule has 7 nitrogen and oxygen atoms in total. The monoisotopic (exact) mass is 346 g/mol. The normalized spacial score (nSPS) is 30.4. The zero-order valence-electron chi connectivity index (χ0n) is 14.7. The van der Waals surface area contributed by atoms with Crippen molar-refractivity contribution >= 4 is 11.8 Å². The number of aromatic nitrogens is 2.